The molecule has 0 radical (unpaired) electrons. The Labute approximate surface area is 117 Å². The fraction of sp³-hybridized carbons (Fsp3) is 0.615. The summed E-state index contributed by atoms with van der Waals surface area (Å²) >= 11 is 0. The van der Waals surface area contributed by atoms with E-state index >= 15 is 0 Å². The van der Waals surface area contributed by atoms with Crippen molar-refractivity contribution in [3.8, 4) is 0 Å². The summed E-state index contributed by atoms with van der Waals surface area (Å²) in [6, 6.07) is -0.0140. The maximum atomic E-state index is 12.2. The number of carbonyl (C=O) groups is 1. The highest BCUT2D eigenvalue weighted by Crippen LogP contribution is 2.21. The van der Waals surface area contributed by atoms with Crippen LogP contribution < -0.4 is 16.0 Å². The first-order valence-corrected chi connectivity index (χ1v) is 6.93. The van der Waals surface area contributed by atoms with E-state index in [1.807, 2.05) is 4.90 Å². The summed E-state index contributed by atoms with van der Waals surface area (Å²) in [5.41, 5.74) is 6.41. The van der Waals surface area contributed by atoms with E-state index in [4.69, 9.17) is 10.5 Å². The number of aromatic nitrogens is 2. The number of nitrogens with one attached hydrogen (secondary N) is 1. The highest BCUT2D eigenvalue weighted by atomic mass is 16.5. The van der Waals surface area contributed by atoms with Crippen molar-refractivity contribution in [1.82, 2.24) is 15.3 Å². The lowest BCUT2D eigenvalue weighted by molar-refractivity contribution is -0.124. The van der Waals surface area contributed by atoms with E-state index in [0.717, 1.165) is 18.4 Å². The second kappa shape index (κ2) is 5.72. The minimum absolute atomic E-state index is 0.00120. The molecule has 2 aliphatic rings. The van der Waals surface area contributed by atoms with Crippen LogP contribution in [0.4, 0.5) is 5.95 Å². The number of rotatable bonds is 4. The summed E-state index contributed by atoms with van der Waals surface area (Å²) in [5.74, 6) is 0.556. The Morgan fingerprint density at radius 2 is 2.20 bits per heavy atom. The molecule has 7 heteroatoms. The van der Waals surface area contributed by atoms with Gasteiger partial charge in [0.15, 0.2) is 0 Å². The number of anilines is 1. The smallest absolute Gasteiger partial charge is 0.245 e. The summed E-state index contributed by atoms with van der Waals surface area (Å²) in [7, 11) is 0. The van der Waals surface area contributed by atoms with Crippen LogP contribution in [0.25, 0.3) is 0 Å². The van der Waals surface area contributed by atoms with Gasteiger partial charge in [-0.05, 0) is 12.8 Å². The monoisotopic (exact) mass is 277 g/mol. The Bertz CT molecular complexity index is 474. The van der Waals surface area contributed by atoms with Crippen LogP contribution in [0.5, 0.6) is 0 Å². The number of ether oxygens (including phenoxy) is 1. The number of hydrogen-bond donors (Lipinski definition) is 2. The van der Waals surface area contributed by atoms with E-state index in [1.54, 1.807) is 12.4 Å². The van der Waals surface area contributed by atoms with Crippen molar-refractivity contribution >= 4 is 11.9 Å². The van der Waals surface area contributed by atoms with Crippen molar-refractivity contribution in [2.45, 2.75) is 31.5 Å². The van der Waals surface area contributed by atoms with Gasteiger partial charge in [0, 0.05) is 37.1 Å². The molecule has 1 aromatic rings. The lowest BCUT2D eigenvalue weighted by Gasteiger charge is -2.34. The summed E-state index contributed by atoms with van der Waals surface area (Å²) in [6.07, 6.45) is 5.54. The van der Waals surface area contributed by atoms with Crippen molar-refractivity contribution in [2.24, 2.45) is 5.73 Å². The SMILES string of the molecule is NCc1cnc(N2CCOCC2C(=O)NC2CC2)nc1. The quantitative estimate of drug-likeness (QED) is 0.765. The lowest BCUT2D eigenvalue weighted by Crippen LogP contribution is -2.55. The van der Waals surface area contributed by atoms with Gasteiger partial charge in [0.25, 0.3) is 0 Å². The van der Waals surface area contributed by atoms with E-state index < -0.39 is 0 Å². The zero-order valence-corrected chi connectivity index (χ0v) is 11.3. The predicted molar refractivity (Wildman–Crippen MR) is 73.0 cm³/mol. The summed E-state index contributed by atoms with van der Waals surface area (Å²) < 4.78 is 5.42. The topological polar surface area (TPSA) is 93.4 Å². The maximum Gasteiger partial charge on any atom is 0.245 e. The van der Waals surface area contributed by atoms with Gasteiger partial charge in [-0.15, -0.1) is 0 Å². The van der Waals surface area contributed by atoms with Crippen molar-refractivity contribution in [3.63, 3.8) is 0 Å². The zero-order chi connectivity index (χ0) is 13.9. The van der Waals surface area contributed by atoms with E-state index in [1.165, 1.54) is 0 Å². The standard InChI is InChI=1S/C13H19N5O2/c14-5-9-6-15-13(16-7-9)18-3-4-20-8-11(18)12(19)17-10-1-2-10/h6-7,10-11H,1-5,8,14H2,(H,17,19). The van der Waals surface area contributed by atoms with Crippen LogP contribution in [-0.2, 0) is 16.1 Å². The van der Waals surface area contributed by atoms with E-state index in [-0.39, 0.29) is 11.9 Å². The molecular formula is C13H19N5O2. The summed E-state index contributed by atoms with van der Waals surface area (Å²) in [4.78, 5) is 22.8. The predicted octanol–water partition coefficient (Wildman–Crippen LogP) is -0.581. The molecule has 20 heavy (non-hydrogen) atoms. The largest absolute Gasteiger partial charge is 0.377 e. The summed E-state index contributed by atoms with van der Waals surface area (Å²) in [6.45, 7) is 1.98. The number of amides is 1. The minimum Gasteiger partial charge on any atom is -0.377 e. The highest BCUT2D eigenvalue weighted by Gasteiger charge is 2.34. The van der Waals surface area contributed by atoms with Crippen molar-refractivity contribution in [3.05, 3.63) is 18.0 Å². The van der Waals surface area contributed by atoms with Crippen LogP contribution in [-0.4, -0.2) is 47.7 Å². The van der Waals surface area contributed by atoms with E-state index in [9.17, 15) is 4.79 Å². The van der Waals surface area contributed by atoms with Gasteiger partial charge < -0.3 is 20.7 Å². The van der Waals surface area contributed by atoms with Crippen molar-refractivity contribution in [2.75, 3.05) is 24.7 Å². The Morgan fingerprint density at radius 1 is 1.45 bits per heavy atom. The third-order valence-electron chi connectivity index (χ3n) is 3.54. The highest BCUT2D eigenvalue weighted by molar-refractivity contribution is 5.85. The molecule has 3 rings (SSSR count). The molecule has 2 heterocycles. The average Bonchev–Trinajstić information content (AvgIpc) is 3.31. The molecule has 0 spiro atoms. The normalized spacial score (nSPS) is 22.6. The molecule has 1 amide bonds. The molecule has 108 valence electrons. The van der Waals surface area contributed by atoms with Crippen LogP contribution in [0, 0.1) is 0 Å². The molecular weight excluding hydrogens is 258 g/mol. The number of nitrogens with two attached hydrogens (primary N) is 1. The van der Waals surface area contributed by atoms with Crippen molar-refractivity contribution < 1.29 is 9.53 Å². The lowest BCUT2D eigenvalue weighted by atomic mass is 10.2. The molecule has 7 nitrogen and oxygen atoms in total. The maximum absolute atomic E-state index is 12.2. The zero-order valence-electron chi connectivity index (χ0n) is 11.3. The molecule has 1 atom stereocenters. The van der Waals surface area contributed by atoms with Gasteiger partial charge in [0.05, 0.1) is 13.2 Å². The second-order valence-corrected chi connectivity index (χ2v) is 5.16. The van der Waals surface area contributed by atoms with Gasteiger partial charge in [0.1, 0.15) is 6.04 Å². The van der Waals surface area contributed by atoms with Crippen LogP contribution in [0.3, 0.4) is 0 Å². The average molecular weight is 277 g/mol. The minimum atomic E-state index is -0.354. The first kappa shape index (κ1) is 13.3. The molecule has 1 aliphatic heterocycles. The van der Waals surface area contributed by atoms with Gasteiger partial charge in [-0.2, -0.15) is 0 Å². The number of hydrogen-bond acceptors (Lipinski definition) is 6. The van der Waals surface area contributed by atoms with Gasteiger partial charge in [-0.1, -0.05) is 0 Å². The molecule has 0 bridgehead atoms. The fourth-order valence-corrected chi connectivity index (χ4v) is 2.19. The summed E-state index contributed by atoms with van der Waals surface area (Å²) in [5, 5.41) is 3.01. The first-order chi connectivity index (χ1) is 9.78. The Kier molecular flexibility index (Phi) is 3.79. The van der Waals surface area contributed by atoms with Gasteiger partial charge >= 0.3 is 0 Å². The number of morpholine rings is 1. The molecule has 1 saturated heterocycles. The van der Waals surface area contributed by atoms with Gasteiger partial charge in [-0.25, -0.2) is 9.97 Å². The van der Waals surface area contributed by atoms with Gasteiger partial charge in [-0.3, -0.25) is 4.79 Å². The Morgan fingerprint density at radius 3 is 2.85 bits per heavy atom. The van der Waals surface area contributed by atoms with Crippen LogP contribution in [0.15, 0.2) is 12.4 Å². The second-order valence-electron chi connectivity index (χ2n) is 5.16. The Balaban J connectivity index is 1.74. The number of nitrogens with zero attached hydrogens (tertiary/aromatic N) is 3. The first-order valence-electron chi connectivity index (χ1n) is 6.93. The molecule has 1 aliphatic carbocycles. The third kappa shape index (κ3) is 2.88. The molecule has 2 fully saturated rings. The fourth-order valence-electron chi connectivity index (χ4n) is 2.19. The molecule has 1 unspecified atom stereocenters. The van der Waals surface area contributed by atoms with Gasteiger partial charge in [0.2, 0.25) is 11.9 Å². The van der Waals surface area contributed by atoms with E-state index in [0.29, 0.717) is 38.3 Å². The van der Waals surface area contributed by atoms with Crippen LogP contribution in [0.2, 0.25) is 0 Å². The molecule has 0 aromatic carbocycles. The van der Waals surface area contributed by atoms with E-state index in [2.05, 4.69) is 15.3 Å². The Hall–Kier alpha value is -1.73. The molecule has 1 aromatic heterocycles. The van der Waals surface area contributed by atoms with Crippen molar-refractivity contribution in [1.29, 1.82) is 0 Å². The molecule has 1 saturated carbocycles. The van der Waals surface area contributed by atoms with Crippen LogP contribution in [0.1, 0.15) is 18.4 Å². The third-order valence-corrected chi connectivity index (χ3v) is 3.54. The van der Waals surface area contributed by atoms with Crippen LogP contribution >= 0.6 is 0 Å². The number of carbonyl (C=O) groups excluding carboxylic acids is 1. The molecule has 3 N–H and O–H groups in total.